The summed E-state index contributed by atoms with van der Waals surface area (Å²) in [4.78, 5) is 20.0. The summed E-state index contributed by atoms with van der Waals surface area (Å²) in [6.45, 7) is 6.00. The van der Waals surface area contributed by atoms with Crippen molar-refractivity contribution in [1.82, 2.24) is 14.6 Å². The number of ether oxygens (including phenoxy) is 1. The van der Waals surface area contributed by atoms with Crippen LogP contribution in [-0.2, 0) is 16.6 Å². The second kappa shape index (κ2) is 11.4. The third-order valence-corrected chi connectivity index (χ3v) is 9.42. The number of nitrogens with zero attached hydrogens (tertiary/aromatic N) is 2. The molecule has 5 aromatic rings. The van der Waals surface area contributed by atoms with Crippen molar-refractivity contribution in [2.24, 2.45) is 0 Å². The average molecular weight is 607 g/mol. The molecule has 0 radical (unpaired) electrons. The van der Waals surface area contributed by atoms with E-state index in [1.54, 1.807) is 30.5 Å². The van der Waals surface area contributed by atoms with Gasteiger partial charge in [0.2, 0.25) is 10.0 Å². The van der Waals surface area contributed by atoms with Crippen LogP contribution in [0.4, 0.5) is 5.82 Å². The topological polar surface area (TPSA) is 115 Å². The summed E-state index contributed by atoms with van der Waals surface area (Å²) >= 11 is 0. The summed E-state index contributed by atoms with van der Waals surface area (Å²) in [6, 6.07) is 29.5. The molecule has 4 aromatic carbocycles. The van der Waals surface area contributed by atoms with Gasteiger partial charge in [0, 0.05) is 34.8 Å². The molecule has 3 N–H and O–H groups in total. The lowest BCUT2D eigenvalue weighted by molar-refractivity contribution is 0.0635. The molecule has 224 valence electrons. The number of amides is 1. The smallest absolute Gasteiger partial charge is 0.255 e. The van der Waals surface area contributed by atoms with Gasteiger partial charge in [0.05, 0.1) is 10.9 Å². The molecule has 44 heavy (non-hydrogen) atoms. The van der Waals surface area contributed by atoms with Gasteiger partial charge in [-0.2, -0.15) is 0 Å². The van der Waals surface area contributed by atoms with Crippen LogP contribution in [0.1, 0.15) is 48.3 Å². The SMILES string of the molecule is CC(C)(C)NS(=O)(=O)c1ccccc1-c1ccc2c(c1)CN(C(COc1ccc3ccnc(N)c3c1)c1ccccc1)C2=O. The predicted octanol–water partition coefficient (Wildman–Crippen LogP) is 6.34. The van der Waals surface area contributed by atoms with Crippen molar-refractivity contribution in [2.75, 3.05) is 12.3 Å². The van der Waals surface area contributed by atoms with Crippen LogP contribution in [0.2, 0.25) is 0 Å². The second-order valence-electron chi connectivity index (χ2n) is 12.0. The maximum Gasteiger partial charge on any atom is 0.255 e. The highest BCUT2D eigenvalue weighted by atomic mass is 32.2. The van der Waals surface area contributed by atoms with Crippen LogP contribution < -0.4 is 15.2 Å². The summed E-state index contributed by atoms with van der Waals surface area (Å²) in [5.41, 5.74) is 9.12. The van der Waals surface area contributed by atoms with Gasteiger partial charge in [-0.05, 0) is 79.2 Å². The number of pyridine rings is 1. The highest BCUT2D eigenvalue weighted by molar-refractivity contribution is 7.89. The summed E-state index contributed by atoms with van der Waals surface area (Å²) in [5.74, 6) is 0.953. The molecule has 2 heterocycles. The predicted molar refractivity (Wildman–Crippen MR) is 173 cm³/mol. The van der Waals surface area contributed by atoms with Crippen molar-refractivity contribution < 1.29 is 17.9 Å². The van der Waals surface area contributed by atoms with Gasteiger partial charge >= 0.3 is 0 Å². The van der Waals surface area contributed by atoms with Crippen molar-refractivity contribution in [2.45, 2.75) is 43.8 Å². The molecule has 0 fully saturated rings. The number of hydrogen-bond acceptors (Lipinski definition) is 6. The lowest BCUT2D eigenvalue weighted by Crippen LogP contribution is -2.40. The van der Waals surface area contributed by atoms with E-state index in [1.807, 2.05) is 98.5 Å². The third-order valence-electron chi connectivity index (χ3n) is 7.60. The zero-order chi connectivity index (χ0) is 31.1. The fourth-order valence-corrected chi connectivity index (χ4v) is 7.29. The first-order valence-corrected chi connectivity index (χ1v) is 15.9. The van der Waals surface area contributed by atoms with E-state index in [9.17, 15) is 13.2 Å². The minimum Gasteiger partial charge on any atom is -0.491 e. The molecule has 0 bridgehead atoms. The number of sulfonamides is 1. The fraction of sp³-hybridized carbons (Fsp3) is 0.200. The molecule has 6 rings (SSSR count). The van der Waals surface area contributed by atoms with Crippen LogP contribution in [0, 0.1) is 0 Å². The molecule has 1 aliphatic heterocycles. The highest BCUT2D eigenvalue weighted by Crippen LogP contribution is 2.36. The Morgan fingerprint density at radius 1 is 0.932 bits per heavy atom. The number of nitrogens with two attached hydrogens (primary N) is 1. The molecule has 1 aromatic heterocycles. The van der Waals surface area contributed by atoms with E-state index in [0.717, 1.165) is 27.5 Å². The Labute approximate surface area is 257 Å². The van der Waals surface area contributed by atoms with E-state index in [1.165, 1.54) is 0 Å². The minimum absolute atomic E-state index is 0.105. The molecule has 0 saturated carbocycles. The van der Waals surface area contributed by atoms with Crippen LogP contribution in [0.25, 0.3) is 21.9 Å². The van der Waals surface area contributed by atoms with Gasteiger partial charge in [-0.15, -0.1) is 0 Å². The first-order valence-electron chi connectivity index (χ1n) is 14.4. The minimum atomic E-state index is -3.79. The number of nitrogens with one attached hydrogen (secondary N) is 1. The third kappa shape index (κ3) is 5.89. The van der Waals surface area contributed by atoms with Crippen molar-refractivity contribution in [3.05, 3.63) is 120 Å². The number of aromatic nitrogens is 1. The average Bonchev–Trinajstić information content (AvgIpc) is 3.32. The van der Waals surface area contributed by atoms with E-state index in [4.69, 9.17) is 10.5 Å². The van der Waals surface area contributed by atoms with Gasteiger partial charge in [-0.3, -0.25) is 4.79 Å². The van der Waals surface area contributed by atoms with Gasteiger partial charge in [0.25, 0.3) is 5.91 Å². The van der Waals surface area contributed by atoms with E-state index in [2.05, 4.69) is 9.71 Å². The number of carbonyl (C=O) groups is 1. The number of anilines is 1. The van der Waals surface area contributed by atoms with Crippen molar-refractivity contribution >= 4 is 32.5 Å². The van der Waals surface area contributed by atoms with Gasteiger partial charge in [0.15, 0.2) is 0 Å². The molecule has 1 aliphatic rings. The van der Waals surface area contributed by atoms with Crippen LogP contribution >= 0.6 is 0 Å². The van der Waals surface area contributed by atoms with E-state index < -0.39 is 15.6 Å². The molecule has 1 atom stereocenters. The summed E-state index contributed by atoms with van der Waals surface area (Å²) in [6.07, 6.45) is 1.67. The number of carbonyl (C=O) groups excluding carboxylic acids is 1. The molecule has 1 unspecified atom stereocenters. The van der Waals surface area contributed by atoms with Gasteiger partial charge in [-0.1, -0.05) is 60.7 Å². The Balaban J connectivity index is 1.31. The Kier molecular flexibility index (Phi) is 7.61. The zero-order valence-electron chi connectivity index (χ0n) is 24.8. The van der Waals surface area contributed by atoms with Crippen molar-refractivity contribution in [3.8, 4) is 16.9 Å². The highest BCUT2D eigenvalue weighted by Gasteiger charge is 2.35. The summed E-state index contributed by atoms with van der Waals surface area (Å²) in [5, 5.41) is 1.77. The Morgan fingerprint density at radius 3 is 2.45 bits per heavy atom. The van der Waals surface area contributed by atoms with Crippen LogP contribution in [-0.4, -0.2) is 36.4 Å². The number of benzene rings is 4. The van der Waals surface area contributed by atoms with E-state index >= 15 is 0 Å². The number of nitrogen functional groups attached to an aromatic ring is 1. The van der Waals surface area contributed by atoms with Gasteiger partial charge in [0.1, 0.15) is 18.2 Å². The largest absolute Gasteiger partial charge is 0.491 e. The van der Waals surface area contributed by atoms with Crippen molar-refractivity contribution in [1.29, 1.82) is 0 Å². The maximum atomic E-state index is 13.8. The Morgan fingerprint density at radius 2 is 1.68 bits per heavy atom. The molecule has 0 spiro atoms. The molecular formula is C35H34N4O4S. The summed E-state index contributed by atoms with van der Waals surface area (Å²) in [7, 11) is -3.79. The van der Waals surface area contributed by atoms with E-state index in [-0.39, 0.29) is 23.5 Å². The molecular weight excluding hydrogens is 572 g/mol. The molecule has 8 nitrogen and oxygen atoms in total. The summed E-state index contributed by atoms with van der Waals surface area (Å²) < 4.78 is 35.6. The standard InChI is InChI=1S/C35H34N4O4S/c1-35(2,3)38-44(41,42)32-12-8-7-11-28(32)25-14-16-29-26(19-25)21-39(34(29)40)31(24-9-5-4-6-10-24)22-43-27-15-13-23-17-18-37-33(36)30(23)20-27/h4-20,31,38H,21-22H2,1-3H3,(H2,36,37). The fourth-order valence-electron chi connectivity index (χ4n) is 5.64. The van der Waals surface area contributed by atoms with Crippen molar-refractivity contribution in [3.63, 3.8) is 0 Å². The lowest BCUT2D eigenvalue weighted by atomic mass is 10.0. The molecule has 9 heteroatoms. The molecule has 0 saturated heterocycles. The number of rotatable bonds is 8. The normalized spacial score (nSPS) is 14.1. The molecule has 0 aliphatic carbocycles. The Bertz CT molecular complexity index is 1970. The van der Waals surface area contributed by atoms with Gasteiger partial charge in [-0.25, -0.2) is 18.1 Å². The van der Waals surface area contributed by atoms with Gasteiger partial charge < -0.3 is 15.4 Å². The maximum absolute atomic E-state index is 13.8. The van der Waals surface area contributed by atoms with Crippen LogP contribution in [0.3, 0.4) is 0 Å². The van der Waals surface area contributed by atoms with Crippen LogP contribution in [0.15, 0.2) is 108 Å². The second-order valence-corrected chi connectivity index (χ2v) is 13.6. The number of hydrogen-bond donors (Lipinski definition) is 2. The number of fused-ring (bicyclic) bond motifs is 2. The van der Waals surface area contributed by atoms with E-state index in [0.29, 0.717) is 29.2 Å². The monoisotopic (exact) mass is 606 g/mol. The van der Waals surface area contributed by atoms with Crippen LogP contribution in [0.5, 0.6) is 5.75 Å². The molecule has 1 amide bonds. The quantitative estimate of drug-likeness (QED) is 0.213. The Hall–Kier alpha value is -4.73. The zero-order valence-corrected chi connectivity index (χ0v) is 25.6. The first-order chi connectivity index (χ1) is 21.0. The lowest BCUT2D eigenvalue weighted by Gasteiger charge is -2.28. The first kappa shape index (κ1) is 29.3.